The van der Waals surface area contributed by atoms with Crippen LogP contribution in [-0.2, 0) is 4.79 Å². The normalized spacial score (nSPS) is 9.90. The van der Waals surface area contributed by atoms with Crippen molar-refractivity contribution < 1.29 is 19.1 Å². The van der Waals surface area contributed by atoms with Gasteiger partial charge in [-0.2, -0.15) is 0 Å². The SMILES string of the molecule is CCOc1c(Cl)cc(C(=O)NCCNC(C)=O)cc1OC. The third-order valence-electron chi connectivity index (χ3n) is 2.56. The molecule has 0 aliphatic rings. The number of benzene rings is 1. The average Bonchev–Trinajstić information content (AvgIpc) is 2.45. The summed E-state index contributed by atoms with van der Waals surface area (Å²) < 4.78 is 10.6. The largest absolute Gasteiger partial charge is 0.493 e. The van der Waals surface area contributed by atoms with Gasteiger partial charge >= 0.3 is 0 Å². The summed E-state index contributed by atoms with van der Waals surface area (Å²) in [4.78, 5) is 22.7. The number of carbonyl (C=O) groups is 2. The van der Waals surface area contributed by atoms with Crippen LogP contribution >= 0.6 is 11.6 Å². The van der Waals surface area contributed by atoms with Gasteiger partial charge in [0.05, 0.1) is 18.7 Å². The molecule has 0 saturated carbocycles. The van der Waals surface area contributed by atoms with Crippen LogP contribution in [0.4, 0.5) is 0 Å². The summed E-state index contributed by atoms with van der Waals surface area (Å²) >= 11 is 6.10. The number of halogens is 1. The molecule has 1 rings (SSSR count). The quantitative estimate of drug-likeness (QED) is 0.750. The minimum atomic E-state index is -0.302. The maximum absolute atomic E-state index is 12.0. The van der Waals surface area contributed by atoms with E-state index >= 15 is 0 Å². The molecule has 0 saturated heterocycles. The fraction of sp³-hybridized carbons (Fsp3) is 0.429. The smallest absolute Gasteiger partial charge is 0.251 e. The molecule has 2 amide bonds. The molecule has 21 heavy (non-hydrogen) atoms. The Hall–Kier alpha value is -1.95. The van der Waals surface area contributed by atoms with Crippen molar-refractivity contribution in [1.29, 1.82) is 0 Å². The zero-order valence-corrected chi connectivity index (χ0v) is 13.0. The van der Waals surface area contributed by atoms with Crippen LogP contribution in [0.3, 0.4) is 0 Å². The maximum atomic E-state index is 12.0. The zero-order chi connectivity index (χ0) is 15.8. The molecule has 0 bridgehead atoms. The van der Waals surface area contributed by atoms with Crippen molar-refractivity contribution in [1.82, 2.24) is 10.6 Å². The fourth-order valence-corrected chi connectivity index (χ4v) is 1.92. The van der Waals surface area contributed by atoms with Crippen molar-refractivity contribution in [3.63, 3.8) is 0 Å². The molecule has 0 radical (unpaired) electrons. The van der Waals surface area contributed by atoms with E-state index in [9.17, 15) is 9.59 Å². The highest BCUT2D eigenvalue weighted by atomic mass is 35.5. The predicted molar refractivity (Wildman–Crippen MR) is 80.2 cm³/mol. The van der Waals surface area contributed by atoms with Crippen LogP contribution in [0.2, 0.25) is 5.02 Å². The second kappa shape index (κ2) is 8.36. The monoisotopic (exact) mass is 314 g/mol. The molecule has 0 aliphatic carbocycles. The van der Waals surface area contributed by atoms with Gasteiger partial charge in [0.1, 0.15) is 0 Å². The van der Waals surface area contributed by atoms with Gasteiger partial charge in [0.25, 0.3) is 5.91 Å². The molecular formula is C14H19ClN2O4. The van der Waals surface area contributed by atoms with Crippen molar-refractivity contribution >= 4 is 23.4 Å². The molecule has 7 heteroatoms. The average molecular weight is 315 g/mol. The Morgan fingerprint density at radius 1 is 1.24 bits per heavy atom. The first kappa shape index (κ1) is 17.1. The Labute approximate surface area is 128 Å². The molecule has 1 aromatic rings. The lowest BCUT2D eigenvalue weighted by Crippen LogP contribution is -2.33. The van der Waals surface area contributed by atoms with Gasteiger partial charge in [0.15, 0.2) is 11.5 Å². The minimum absolute atomic E-state index is 0.143. The van der Waals surface area contributed by atoms with Crippen molar-refractivity contribution in [3.05, 3.63) is 22.7 Å². The van der Waals surface area contributed by atoms with E-state index in [1.165, 1.54) is 20.1 Å². The van der Waals surface area contributed by atoms with Gasteiger partial charge in [-0.15, -0.1) is 0 Å². The minimum Gasteiger partial charge on any atom is -0.493 e. The van der Waals surface area contributed by atoms with E-state index in [0.29, 0.717) is 41.8 Å². The number of hydrogen-bond donors (Lipinski definition) is 2. The Morgan fingerprint density at radius 2 is 1.90 bits per heavy atom. The van der Waals surface area contributed by atoms with E-state index in [-0.39, 0.29) is 11.8 Å². The van der Waals surface area contributed by atoms with Gasteiger partial charge in [-0.25, -0.2) is 0 Å². The summed E-state index contributed by atoms with van der Waals surface area (Å²) in [7, 11) is 1.48. The lowest BCUT2D eigenvalue weighted by atomic mass is 10.2. The number of ether oxygens (including phenoxy) is 2. The van der Waals surface area contributed by atoms with E-state index in [4.69, 9.17) is 21.1 Å². The van der Waals surface area contributed by atoms with Gasteiger partial charge in [-0.3, -0.25) is 9.59 Å². The summed E-state index contributed by atoms with van der Waals surface area (Å²) in [5.41, 5.74) is 0.364. The number of amides is 2. The lowest BCUT2D eigenvalue weighted by Gasteiger charge is -2.13. The Balaban J connectivity index is 2.76. The topological polar surface area (TPSA) is 76.7 Å². The first-order valence-electron chi connectivity index (χ1n) is 6.52. The van der Waals surface area contributed by atoms with Gasteiger partial charge in [0, 0.05) is 25.6 Å². The molecule has 0 spiro atoms. The van der Waals surface area contributed by atoms with E-state index in [2.05, 4.69) is 10.6 Å². The Bertz CT molecular complexity index is 520. The molecule has 0 atom stereocenters. The Morgan fingerprint density at radius 3 is 2.48 bits per heavy atom. The number of nitrogens with one attached hydrogen (secondary N) is 2. The van der Waals surface area contributed by atoms with Crippen LogP contribution in [0.15, 0.2) is 12.1 Å². The summed E-state index contributed by atoms with van der Waals surface area (Å²) in [6.07, 6.45) is 0. The second-order valence-electron chi connectivity index (χ2n) is 4.16. The molecule has 1 aromatic carbocycles. The van der Waals surface area contributed by atoms with Crippen LogP contribution in [0.5, 0.6) is 11.5 Å². The standard InChI is InChI=1S/C14H19ClN2O4/c1-4-21-13-11(15)7-10(8-12(13)20-3)14(19)17-6-5-16-9(2)18/h7-8H,4-6H2,1-3H3,(H,16,18)(H,17,19). The van der Waals surface area contributed by atoms with Gasteiger partial charge in [0.2, 0.25) is 5.91 Å². The first-order chi connectivity index (χ1) is 9.99. The highest BCUT2D eigenvalue weighted by Gasteiger charge is 2.15. The molecule has 2 N–H and O–H groups in total. The molecule has 0 aliphatic heterocycles. The van der Waals surface area contributed by atoms with Crippen LogP contribution in [0.25, 0.3) is 0 Å². The van der Waals surface area contributed by atoms with Crippen LogP contribution < -0.4 is 20.1 Å². The van der Waals surface area contributed by atoms with Crippen molar-refractivity contribution in [2.45, 2.75) is 13.8 Å². The first-order valence-corrected chi connectivity index (χ1v) is 6.90. The molecular weight excluding hydrogens is 296 g/mol. The molecule has 6 nitrogen and oxygen atoms in total. The molecule has 0 heterocycles. The highest BCUT2D eigenvalue weighted by molar-refractivity contribution is 6.32. The van der Waals surface area contributed by atoms with Crippen molar-refractivity contribution in [3.8, 4) is 11.5 Å². The number of methoxy groups -OCH3 is 1. The van der Waals surface area contributed by atoms with Gasteiger partial charge in [-0.05, 0) is 19.1 Å². The lowest BCUT2D eigenvalue weighted by molar-refractivity contribution is -0.118. The summed E-state index contributed by atoms with van der Waals surface area (Å²) in [6.45, 7) is 4.38. The van der Waals surface area contributed by atoms with E-state index in [0.717, 1.165) is 0 Å². The molecule has 116 valence electrons. The Kier molecular flexibility index (Phi) is 6.81. The molecule has 0 fully saturated rings. The van der Waals surface area contributed by atoms with E-state index in [1.807, 2.05) is 6.92 Å². The third-order valence-corrected chi connectivity index (χ3v) is 2.85. The number of rotatable bonds is 7. The van der Waals surface area contributed by atoms with E-state index < -0.39 is 0 Å². The number of hydrogen-bond acceptors (Lipinski definition) is 4. The maximum Gasteiger partial charge on any atom is 0.251 e. The van der Waals surface area contributed by atoms with Crippen LogP contribution in [0.1, 0.15) is 24.2 Å². The zero-order valence-electron chi connectivity index (χ0n) is 12.3. The predicted octanol–water partition coefficient (Wildman–Crippen LogP) is 1.61. The molecule has 0 aromatic heterocycles. The summed E-state index contributed by atoms with van der Waals surface area (Å²) in [5.74, 6) is 0.367. The highest BCUT2D eigenvalue weighted by Crippen LogP contribution is 2.36. The second-order valence-corrected chi connectivity index (χ2v) is 4.57. The van der Waals surface area contributed by atoms with Gasteiger partial charge in [-0.1, -0.05) is 11.6 Å². The van der Waals surface area contributed by atoms with Crippen molar-refractivity contribution in [2.75, 3.05) is 26.8 Å². The van der Waals surface area contributed by atoms with Crippen LogP contribution in [-0.4, -0.2) is 38.6 Å². The van der Waals surface area contributed by atoms with Crippen molar-refractivity contribution in [2.24, 2.45) is 0 Å². The van der Waals surface area contributed by atoms with Crippen LogP contribution in [0, 0.1) is 0 Å². The number of carbonyl (C=O) groups excluding carboxylic acids is 2. The van der Waals surface area contributed by atoms with E-state index in [1.54, 1.807) is 6.07 Å². The third kappa shape index (κ3) is 5.15. The van der Waals surface area contributed by atoms with Gasteiger partial charge < -0.3 is 20.1 Å². The fourth-order valence-electron chi connectivity index (χ4n) is 1.65. The summed E-state index contributed by atoms with van der Waals surface area (Å²) in [5, 5.41) is 5.57. The molecule has 0 unspecified atom stereocenters. The summed E-state index contributed by atoms with van der Waals surface area (Å²) in [6, 6.07) is 3.08.